The molecule has 128 valence electrons. The Bertz CT molecular complexity index is 597. The van der Waals surface area contributed by atoms with E-state index < -0.39 is 34.9 Å². The number of piperazine rings is 1. The van der Waals surface area contributed by atoms with Crippen LogP contribution in [-0.4, -0.2) is 58.7 Å². The van der Waals surface area contributed by atoms with E-state index in [1.54, 1.807) is 0 Å². The lowest BCUT2D eigenvalue weighted by Gasteiger charge is -2.38. The summed E-state index contributed by atoms with van der Waals surface area (Å²) >= 11 is 3.04. The highest BCUT2D eigenvalue weighted by Crippen LogP contribution is 2.44. The van der Waals surface area contributed by atoms with Crippen LogP contribution in [0, 0.1) is 10.1 Å². The zero-order chi connectivity index (χ0) is 17.2. The maximum absolute atomic E-state index is 14.3. The number of nitro benzene ring substituents is 1. The number of aliphatic hydroxyl groups excluding tert-OH is 1. The normalized spacial score (nSPS) is 17.9. The van der Waals surface area contributed by atoms with E-state index >= 15 is 0 Å². The molecule has 1 aliphatic heterocycles. The van der Waals surface area contributed by atoms with Crippen molar-refractivity contribution < 1.29 is 23.9 Å². The number of benzene rings is 1. The van der Waals surface area contributed by atoms with Gasteiger partial charge in [-0.3, -0.25) is 15.0 Å². The Labute approximate surface area is 139 Å². The van der Waals surface area contributed by atoms with Crippen LogP contribution >= 0.6 is 15.9 Å². The van der Waals surface area contributed by atoms with Gasteiger partial charge in [-0.25, -0.2) is 8.78 Å². The molecule has 0 aromatic heterocycles. The van der Waals surface area contributed by atoms with Crippen molar-refractivity contribution in [3.05, 3.63) is 32.3 Å². The summed E-state index contributed by atoms with van der Waals surface area (Å²) in [5, 5.41) is 33.2. The maximum atomic E-state index is 14.3. The Morgan fingerprint density at radius 2 is 2.04 bits per heavy atom. The van der Waals surface area contributed by atoms with Crippen molar-refractivity contribution in [1.29, 1.82) is 0 Å². The molecule has 1 atom stereocenters. The fourth-order valence-corrected chi connectivity index (χ4v) is 3.13. The number of aromatic hydroxyl groups is 1. The average molecular weight is 396 g/mol. The molecule has 1 aromatic rings. The van der Waals surface area contributed by atoms with Gasteiger partial charge in [-0.2, -0.15) is 0 Å². The first-order valence-electron chi connectivity index (χ1n) is 6.88. The average Bonchev–Trinajstić information content (AvgIpc) is 2.51. The predicted octanol–water partition coefficient (Wildman–Crippen LogP) is 1.64. The van der Waals surface area contributed by atoms with Crippen LogP contribution in [0.2, 0.25) is 0 Å². The Morgan fingerprint density at radius 3 is 2.57 bits per heavy atom. The number of rotatable bonds is 5. The summed E-state index contributed by atoms with van der Waals surface area (Å²) in [5.41, 5.74) is -0.949. The standard InChI is InChI=1S/C13H16BrF2N3O4/c14-8-5-9(11(21)10(6-8)19(22)23)12(13(15,16)7-20)18-3-1-17-2-4-18/h5-6,12,17,20-21H,1-4,7H2/t12-/m1/s1. The number of nitrogens with zero attached hydrogens (tertiary/aromatic N) is 2. The number of nitro groups is 1. The maximum Gasteiger partial charge on any atom is 0.312 e. The van der Waals surface area contributed by atoms with Crippen molar-refractivity contribution in [2.45, 2.75) is 12.0 Å². The Balaban J connectivity index is 2.57. The van der Waals surface area contributed by atoms with Crippen molar-refractivity contribution in [2.75, 3.05) is 32.8 Å². The minimum absolute atomic E-state index is 0.200. The number of phenolic OH excluding ortho intramolecular Hbond substituents is 1. The molecule has 0 spiro atoms. The monoisotopic (exact) mass is 395 g/mol. The zero-order valence-corrected chi connectivity index (χ0v) is 13.6. The van der Waals surface area contributed by atoms with Gasteiger partial charge in [0.1, 0.15) is 12.6 Å². The topological polar surface area (TPSA) is 98.9 Å². The van der Waals surface area contributed by atoms with Crippen LogP contribution in [0.5, 0.6) is 5.75 Å². The predicted molar refractivity (Wildman–Crippen MR) is 81.7 cm³/mol. The summed E-state index contributed by atoms with van der Waals surface area (Å²) < 4.78 is 28.8. The molecule has 0 aliphatic carbocycles. The third-order valence-corrected chi connectivity index (χ3v) is 4.16. The molecule has 10 heteroatoms. The summed E-state index contributed by atoms with van der Waals surface area (Å²) in [6.45, 7) is 0.0328. The van der Waals surface area contributed by atoms with Gasteiger partial charge >= 0.3 is 5.69 Å². The second-order valence-electron chi connectivity index (χ2n) is 5.23. The SMILES string of the molecule is O=[N+]([O-])c1cc(Br)cc([C@@H](N2CCNCC2)C(F)(F)CO)c1O. The van der Waals surface area contributed by atoms with E-state index in [4.69, 9.17) is 5.11 Å². The molecule has 2 rings (SSSR count). The van der Waals surface area contributed by atoms with E-state index in [0.29, 0.717) is 13.1 Å². The molecule has 0 amide bonds. The first-order chi connectivity index (χ1) is 10.8. The van der Waals surface area contributed by atoms with Gasteiger partial charge in [-0.1, -0.05) is 15.9 Å². The molecule has 0 radical (unpaired) electrons. The number of halogens is 3. The second-order valence-corrected chi connectivity index (χ2v) is 6.14. The molecule has 1 saturated heterocycles. The van der Waals surface area contributed by atoms with Crippen molar-refractivity contribution in [3.8, 4) is 5.75 Å². The molecule has 0 bridgehead atoms. The summed E-state index contributed by atoms with van der Waals surface area (Å²) in [6, 6.07) is 0.606. The highest BCUT2D eigenvalue weighted by Gasteiger charge is 2.46. The quantitative estimate of drug-likeness (QED) is 0.517. The summed E-state index contributed by atoms with van der Waals surface area (Å²) in [4.78, 5) is 11.6. The number of hydrogen-bond acceptors (Lipinski definition) is 6. The van der Waals surface area contributed by atoms with Crippen LogP contribution in [0.15, 0.2) is 16.6 Å². The Kier molecular flexibility index (Phi) is 5.50. The van der Waals surface area contributed by atoms with Gasteiger partial charge in [0.2, 0.25) is 0 Å². The molecular weight excluding hydrogens is 380 g/mol. The van der Waals surface area contributed by atoms with Gasteiger partial charge in [0, 0.05) is 42.3 Å². The highest BCUT2D eigenvalue weighted by atomic mass is 79.9. The number of hydrogen-bond donors (Lipinski definition) is 3. The number of phenols is 1. The van der Waals surface area contributed by atoms with Crippen molar-refractivity contribution in [1.82, 2.24) is 10.2 Å². The van der Waals surface area contributed by atoms with E-state index in [2.05, 4.69) is 21.2 Å². The molecule has 1 heterocycles. The lowest BCUT2D eigenvalue weighted by molar-refractivity contribution is -0.386. The van der Waals surface area contributed by atoms with E-state index in [1.807, 2.05) is 0 Å². The Morgan fingerprint density at radius 1 is 1.43 bits per heavy atom. The first kappa shape index (κ1) is 18.0. The van der Waals surface area contributed by atoms with Crippen LogP contribution in [0.25, 0.3) is 0 Å². The summed E-state index contributed by atoms with van der Waals surface area (Å²) in [5.74, 6) is -4.38. The molecule has 0 unspecified atom stereocenters. The largest absolute Gasteiger partial charge is 0.502 e. The van der Waals surface area contributed by atoms with E-state index in [9.17, 15) is 24.0 Å². The summed E-state index contributed by atoms with van der Waals surface area (Å²) in [6.07, 6.45) is 0. The van der Waals surface area contributed by atoms with Gasteiger partial charge < -0.3 is 15.5 Å². The highest BCUT2D eigenvalue weighted by molar-refractivity contribution is 9.10. The molecule has 7 nitrogen and oxygen atoms in total. The number of aliphatic hydroxyl groups is 1. The van der Waals surface area contributed by atoms with Gasteiger partial charge in [0.15, 0.2) is 5.75 Å². The smallest absolute Gasteiger partial charge is 0.312 e. The van der Waals surface area contributed by atoms with E-state index in [-0.39, 0.29) is 23.1 Å². The van der Waals surface area contributed by atoms with Gasteiger partial charge in [0.05, 0.1) is 4.92 Å². The van der Waals surface area contributed by atoms with Crippen LogP contribution in [-0.2, 0) is 0 Å². The third kappa shape index (κ3) is 3.77. The molecule has 1 aliphatic rings. The van der Waals surface area contributed by atoms with Crippen LogP contribution in [0.1, 0.15) is 11.6 Å². The molecule has 1 fully saturated rings. The van der Waals surface area contributed by atoms with Crippen molar-refractivity contribution in [2.24, 2.45) is 0 Å². The van der Waals surface area contributed by atoms with Gasteiger partial charge in [-0.05, 0) is 6.07 Å². The molecule has 3 N–H and O–H groups in total. The lowest BCUT2D eigenvalue weighted by atomic mass is 9.96. The number of alkyl halides is 2. The van der Waals surface area contributed by atoms with E-state index in [0.717, 1.165) is 6.07 Å². The van der Waals surface area contributed by atoms with Crippen LogP contribution in [0.3, 0.4) is 0 Å². The van der Waals surface area contributed by atoms with Crippen LogP contribution in [0.4, 0.5) is 14.5 Å². The lowest BCUT2D eigenvalue weighted by Crippen LogP contribution is -2.51. The molecule has 23 heavy (non-hydrogen) atoms. The molecule has 0 saturated carbocycles. The van der Waals surface area contributed by atoms with Gasteiger partial charge in [0.25, 0.3) is 5.92 Å². The fourth-order valence-electron chi connectivity index (χ4n) is 2.67. The third-order valence-electron chi connectivity index (χ3n) is 3.70. The van der Waals surface area contributed by atoms with Crippen LogP contribution < -0.4 is 5.32 Å². The van der Waals surface area contributed by atoms with Gasteiger partial charge in [-0.15, -0.1) is 0 Å². The summed E-state index contributed by atoms with van der Waals surface area (Å²) in [7, 11) is 0. The molecule has 1 aromatic carbocycles. The Hall–Kier alpha value is -1.36. The van der Waals surface area contributed by atoms with E-state index in [1.165, 1.54) is 11.0 Å². The van der Waals surface area contributed by atoms with Crippen molar-refractivity contribution >= 4 is 21.6 Å². The molecular formula is C13H16BrF2N3O4. The minimum atomic E-state index is -3.57. The second kappa shape index (κ2) is 7.04. The number of nitrogens with one attached hydrogen (secondary N) is 1. The first-order valence-corrected chi connectivity index (χ1v) is 7.67. The zero-order valence-electron chi connectivity index (χ0n) is 12.0. The van der Waals surface area contributed by atoms with Crippen molar-refractivity contribution in [3.63, 3.8) is 0 Å². The fraction of sp³-hybridized carbons (Fsp3) is 0.538. The minimum Gasteiger partial charge on any atom is -0.502 e.